The lowest BCUT2D eigenvalue weighted by molar-refractivity contribution is -0.121. The Labute approximate surface area is 179 Å². The summed E-state index contributed by atoms with van der Waals surface area (Å²) in [7, 11) is -6.00. The second-order valence-corrected chi connectivity index (χ2v) is 12.3. The minimum absolute atomic E-state index is 0.0254. The fourth-order valence-electron chi connectivity index (χ4n) is 2.41. The Morgan fingerprint density at radius 3 is 2.34 bits per heavy atom. The molecule has 1 aliphatic carbocycles. The van der Waals surface area contributed by atoms with Gasteiger partial charge in [-0.25, -0.2) is 21.6 Å². The van der Waals surface area contributed by atoms with Crippen LogP contribution in [0.5, 0.6) is 0 Å². The molecule has 0 atom stereocenters. The van der Waals surface area contributed by atoms with E-state index in [2.05, 4.69) is 10.0 Å². The van der Waals surface area contributed by atoms with Gasteiger partial charge in [0.05, 0.1) is 15.8 Å². The first kappa shape index (κ1) is 22.2. The number of sulfonamides is 2. The van der Waals surface area contributed by atoms with Crippen LogP contribution in [0.3, 0.4) is 0 Å². The summed E-state index contributed by atoms with van der Waals surface area (Å²) in [5.74, 6) is -0.481. The van der Waals surface area contributed by atoms with Gasteiger partial charge in [-0.2, -0.15) is 4.31 Å². The SMILES string of the molecule is CN(CC(=O)NCc1ccc(S(=O)(=O)NC2CC2)cc1)S(=O)(=O)c1ccc(Cl)s1. The first-order chi connectivity index (χ1) is 13.6. The third-order valence-corrected chi connectivity index (χ3v) is 9.24. The van der Waals surface area contributed by atoms with E-state index in [9.17, 15) is 21.6 Å². The molecule has 1 fully saturated rings. The number of rotatable bonds is 9. The van der Waals surface area contributed by atoms with Gasteiger partial charge >= 0.3 is 0 Å². The van der Waals surface area contributed by atoms with Gasteiger partial charge in [0.25, 0.3) is 10.0 Å². The van der Waals surface area contributed by atoms with Crippen molar-refractivity contribution >= 4 is 48.9 Å². The van der Waals surface area contributed by atoms with E-state index in [-0.39, 0.29) is 28.2 Å². The molecule has 0 spiro atoms. The van der Waals surface area contributed by atoms with Crippen molar-refractivity contribution in [2.75, 3.05) is 13.6 Å². The number of nitrogens with one attached hydrogen (secondary N) is 2. The van der Waals surface area contributed by atoms with E-state index in [4.69, 9.17) is 11.6 Å². The Bertz CT molecular complexity index is 1090. The second kappa shape index (κ2) is 8.70. The summed E-state index contributed by atoms with van der Waals surface area (Å²) in [6.07, 6.45) is 1.71. The van der Waals surface area contributed by atoms with Crippen molar-refractivity contribution in [2.45, 2.75) is 34.5 Å². The molecule has 2 aromatic rings. The number of likely N-dealkylation sites (N-methyl/N-ethyl adjacent to an activating group) is 1. The van der Waals surface area contributed by atoms with Crippen molar-refractivity contribution in [3.63, 3.8) is 0 Å². The van der Waals surface area contributed by atoms with Crippen molar-refractivity contribution in [3.05, 3.63) is 46.3 Å². The molecule has 0 radical (unpaired) electrons. The molecule has 1 aliphatic rings. The predicted octanol–water partition coefficient (Wildman–Crippen LogP) is 1.78. The van der Waals surface area contributed by atoms with Crippen molar-refractivity contribution in [1.82, 2.24) is 14.3 Å². The van der Waals surface area contributed by atoms with Crippen molar-refractivity contribution in [1.29, 1.82) is 0 Å². The van der Waals surface area contributed by atoms with Gasteiger partial charge in [0, 0.05) is 19.6 Å². The van der Waals surface area contributed by atoms with Gasteiger partial charge in [-0.05, 0) is 42.7 Å². The number of carbonyl (C=O) groups is 1. The summed E-state index contributed by atoms with van der Waals surface area (Å²) in [6, 6.07) is 9.07. The van der Waals surface area contributed by atoms with E-state index in [0.29, 0.717) is 9.90 Å². The highest BCUT2D eigenvalue weighted by atomic mass is 35.5. The number of hydrogen-bond acceptors (Lipinski definition) is 6. The standard InChI is InChI=1S/C17H20ClN3O5S3/c1-21(29(25,26)17-9-8-15(18)27-17)11-16(22)19-10-12-2-6-14(7-3-12)28(23,24)20-13-4-5-13/h2-3,6-9,13,20H,4-5,10-11H2,1H3,(H,19,22). The summed E-state index contributed by atoms with van der Waals surface area (Å²) in [4.78, 5) is 12.3. The van der Waals surface area contributed by atoms with E-state index in [1.807, 2.05) is 0 Å². The summed E-state index contributed by atoms with van der Waals surface area (Å²) in [5.41, 5.74) is 0.694. The van der Waals surface area contributed by atoms with Gasteiger partial charge < -0.3 is 5.32 Å². The molecule has 0 bridgehead atoms. The molecule has 29 heavy (non-hydrogen) atoms. The average Bonchev–Trinajstić information content (AvgIpc) is 3.35. The molecule has 0 aliphatic heterocycles. The van der Waals surface area contributed by atoms with Gasteiger partial charge in [0.1, 0.15) is 4.21 Å². The minimum Gasteiger partial charge on any atom is -0.351 e. The van der Waals surface area contributed by atoms with Crippen LogP contribution >= 0.6 is 22.9 Å². The molecule has 3 rings (SSSR count). The molecule has 2 N–H and O–H groups in total. The van der Waals surface area contributed by atoms with Crippen LogP contribution in [-0.2, 0) is 31.4 Å². The quantitative estimate of drug-likeness (QED) is 0.571. The van der Waals surface area contributed by atoms with Gasteiger partial charge in [-0.15, -0.1) is 11.3 Å². The van der Waals surface area contributed by atoms with E-state index in [0.717, 1.165) is 28.5 Å². The summed E-state index contributed by atoms with van der Waals surface area (Å²) >= 11 is 6.70. The Hall–Kier alpha value is -1.50. The average molecular weight is 478 g/mol. The molecular weight excluding hydrogens is 458 g/mol. The Morgan fingerprint density at radius 1 is 1.14 bits per heavy atom. The first-order valence-corrected chi connectivity index (χ1v) is 12.8. The van der Waals surface area contributed by atoms with E-state index < -0.39 is 26.0 Å². The summed E-state index contributed by atoms with van der Waals surface area (Å²) < 4.78 is 53.0. The van der Waals surface area contributed by atoms with Gasteiger partial charge in [0.15, 0.2) is 0 Å². The van der Waals surface area contributed by atoms with Crippen LogP contribution in [0.15, 0.2) is 45.5 Å². The van der Waals surface area contributed by atoms with Crippen LogP contribution in [0, 0.1) is 0 Å². The number of halogens is 1. The first-order valence-electron chi connectivity index (χ1n) is 8.67. The second-order valence-electron chi connectivity index (χ2n) is 6.64. The molecule has 1 amide bonds. The van der Waals surface area contributed by atoms with Crippen LogP contribution in [0.1, 0.15) is 18.4 Å². The van der Waals surface area contributed by atoms with Crippen LogP contribution in [0.2, 0.25) is 4.34 Å². The van der Waals surface area contributed by atoms with Crippen LogP contribution in [0.4, 0.5) is 0 Å². The Kier molecular flexibility index (Phi) is 6.66. The molecule has 0 unspecified atom stereocenters. The fraction of sp³-hybridized carbons (Fsp3) is 0.353. The number of hydrogen-bond donors (Lipinski definition) is 2. The van der Waals surface area contributed by atoms with Crippen molar-refractivity contribution < 1.29 is 21.6 Å². The van der Waals surface area contributed by atoms with E-state index in [1.54, 1.807) is 12.1 Å². The molecule has 1 aromatic carbocycles. The lowest BCUT2D eigenvalue weighted by Gasteiger charge is -2.15. The zero-order valence-corrected chi connectivity index (χ0v) is 18.7. The van der Waals surface area contributed by atoms with Crippen molar-refractivity contribution in [3.8, 4) is 0 Å². The highest BCUT2D eigenvalue weighted by Crippen LogP contribution is 2.27. The zero-order valence-electron chi connectivity index (χ0n) is 15.5. The summed E-state index contributed by atoms with van der Waals surface area (Å²) in [5, 5.41) is 2.63. The lowest BCUT2D eigenvalue weighted by Crippen LogP contribution is -2.37. The maximum atomic E-state index is 12.4. The fourth-order valence-corrected chi connectivity index (χ4v) is 6.53. The topological polar surface area (TPSA) is 113 Å². The Balaban J connectivity index is 1.53. The molecule has 12 heteroatoms. The normalized spacial score (nSPS) is 14.9. The molecule has 1 heterocycles. The van der Waals surface area contributed by atoms with Crippen LogP contribution in [0.25, 0.3) is 0 Å². The maximum absolute atomic E-state index is 12.4. The number of nitrogens with zero attached hydrogens (tertiary/aromatic N) is 1. The maximum Gasteiger partial charge on any atom is 0.252 e. The van der Waals surface area contributed by atoms with Gasteiger partial charge in [-0.1, -0.05) is 23.7 Å². The molecule has 8 nitrogen and oxygen atoms in total. The largest absolute Gasteiger partial charge is 0.351 e. The number of amides is 1. The number of thiophene rings is 1. The third kappa shape index (κ3) is 5.77. The van der Waals surface area contributed by atoms with Gasteiger partial charge in [0.2, 0.25) is 15.9 Å². The number of benzene rings is 1. The molecule has 1 aromatic heterocycles. The van der Waals surface area contributed by atoms with Crippen molar-refractivity contribution in [2.24, 2.45) is 0 Å². The summed E-state index contributed by atoms with van der Waals surface area (Å²) in [6.45, 7) is -0.205. The number of carbonyl (C=O) groups excluding carboxylic acids is 1. The minimum atomic E-state index is -3.79. The molecule has 1 saturated carbocycles. The van der Waals surface area contributed by atoms with E-state index >= 15 is 0 Å². The molecule has 158 valence electrons. The van der Waals surface area contributed by atoms with Crippen LogP contribution in [-0.4, -0.2) is 46.7 Å². The predicted molar refractivity (Wildman–Crippen MR) is 111 cm³/mol. The lowest BCUT2D eigenvalue weighted by atomic mass is 10.2. The van der Waals surface area contributed by atoms with Crippen LogP contribution < -0.4 is 10.0 Å². The highest BCUT2D eigenvalue weighted by molar-refractivity contribution is 7.91. The monoisotopic (exact) mass is 477 g/mol. The highest BCUT2D eigenvalue weighted by Gasteiger charge is 2.28. The molecular formula is C17H20ClN3O5S3. The Morgan fingerprint density at radius 2 is 1.79 bits per heavy atom. The smallest absolute Gasteiger partial charge is 0.252 e. The van der Waals surface area contributed by atoms with Gasteiger partial charge in [-0.3, -0.25) is 4.79 Å². The molecule has 0 saturated heterocycles. The zero-order chi connectivity index (χ0) is 21.2. The third-order valence-electron chi connectivity index (χ3n) is 4.20. The van der Waals surface area contributed by atoms with E-state index in [1.165, 1.54) is 31.3 Å².